The zero-order chi connectivity index (χ0) is 17.6. The average molecular weight is 351 g/mol. The number of rotatable bonds is 6. The SMILES string of the molecule is Cc1ccc(NC(=O)CSc2nccn2Cc2ccccc2)c(C)c1. The number of thioether (sulfide) groups is 1. The molecular weight excluding hydrogens is 330 g/mol. The average Bonchev–Trinajstić information content (AvgIpc) is 3.03. The van der Waals surface area contributed by atoms with E-state index in [9.17, 15) is 4.79 Å². The Morgan fingerprint density at radius 3 is 2.72 bits per heavy atom. The molecule has 0 aliphatic rings. The number of aryl methyl sites for hydroxylation is 2. The summed E-state index contributed by atoms with van der Waals surface area (Å²) in [4.78, 5) is 16.6. The third kappa shape index (κ3) is 4.73. The Bertz CT molecular complexity index is 858. The topological polar surface area (TPSA) is 46.9 Å². The second-order valence-corrected chi connectivity index (χ2v) is 6.92. The second kappa shape index (κ2) is 8.03. The highest BCUT2D eigenvalue weighted by Crippen LogP contribution is 2.19. The van der Waals surface area contributed by atoms with E-state index < -0.39 is 0 Å². The molecule has 3 rings (SSSR count). The van der Waals surface area contributed by atoms with Crippen LogP contribution in [-0.2, 0) is 11.3 Å². The molecule has 5 heteroatoms. The molecule has 0 spiro atoms. The largest absolute Gasteiger partial charge is 0.325 e. The van der Waals surface area contributed by atoms with Gasteiger partial charge in [-0.25, -0.2) is 4.98 Å². The van der Waals surface area contributed by atoms with Gasteiger partial charge in [-0.2, -0.15) is 0 Å². The Labute approximate surface area is 152 Å². The van der Waals surface area contributed by atoms with Gasteiger partial charge in [0.25, 0.3) is 0 Å². The molecule has 0 atom stereocenters. The molecule has 3 aromatic rings. The number of anilines is 1. The zero-order valence-corrected chi connectivity index (χ0v) is 15.2. The van der Waals surface area contributed by atoms with E-state index in [1.54, 1.807) is 6.20 Å². The van der Waals surface area contributed by atoms with Gasteiger partial charge in [-0.05, 0) is 31.0 Å². The van der Waals surface area contributed by atoms with Crippen LogP contribution in [0.2, 0.25) is 0 Å². The minimum Gasteiger partial charge on any atom is -0.325 e. The van der Waals surface area contributed by atoms with Crippen molar-refractivity contribution in [3.05, 3.63) is 77.6 Å². The lowest BCUT2D eigenvalue weighted by atomic mass is 10.1. The summed E-state index contributed by atoms with van der Waals surface area (Å²) < 4.78 is 2.06. The van der Waals surface area contributed by atoms with Crippen molar-refractivity contribution >= 4 is 23.4 Å². The van der Waals surface area contributed by atoms with E-state index in [4.69, 9.17) is 0 Å². The van der Waals surface area contributed by atoms with E-state index in [1.807, 2.05) is 50.4 Å². The fourth-order valence-corrected chi connectivity index (χ4v) is 3.37. The predicted octanol–water partition coefficient (Wildman–Crippen LogP) is 4.28. The maximum Gasteiger partial charge on any atom is 0.234 e. The number of imidazole rings is 1. The molecular formula is C20H21N3OS. The number of carbonyl (C=O) groups is 1. The summed E-state index contributed by atoms with van der Waals surface area (Å²) in [6.07, 6.45) is 3.71. The molecule has 1 N–H and O–H groups in total. The van der Waals surface area contributed by atoms with Gasteiger partial charge in [0.1, 0.15) is 0 Å². The Balaban J connectivity index is 1.58. The van der Waals surface area contributed by atoms with Crippen molar-refractivity contribution in [1.29, 1.82) is 0 Å². The van der Waals surface area contributed by atoms with Crippen molar-refractivity contribution in [3.8, 4) is 0 Å². The van der Waals surface area contributed by atoms with Gasteiger partial charge in [0, 0.05) is 24.6 Å². The van der Waals surface area contributed by atoms with Gasteiger partial charge in [-0.3, -0.25) is 4.79 Å². The van der Waals surface area contributed by atoms with Crippen LogP contribution >= 0.6 is 11.8 Å². The van der Waals surface area contributed by atoms with Gasteiger partial charge < -0.3 is 9.88 Å². The Morgan fingerprint density at radius 2 is 1.96 bits per heavy atom. The smallest absolute Gasteiger partial charge is 0.234 e. The van der Waals surface area contributed by atoms with Gasteiger partial charge in [-0.1, -0.05) is 59.8 Å². The number of nitrogens with zero attached hydrogens (tertiary/aromatic N) is 2. The third-order valence-electron chi connectivity index (χ3n) is 3.86. The Hall–Kier alpha value is -2.53. The van der Waals surface area contributed by atoms with Gasteiger partial charge >= 0.3 is 0 Å². The molecule has 0 aliphatic carbocycles. The van der Waals surface area contributed by atoms with Crippen molar-refractivity contribution in [2.75, 3.05) is 11.1 Å². The number of nitrogens with one attached hydrogen (secondary N) is 1. The van der Waals surface area contributed by atoms with Crippen LogP contribution in [0.5, 0.6) is 0 Å². The molecule has 0 bridgehead atoms. The molecule has 0 fully saturated rings. The van der Waals surface area contributed by atoms with E-state index in [0.717, 1.165) is 23.0 Å². The maximum absolute atomic E-state index is 12.2. The maximum atomic E-state index is 12.2. The molecule has 4 nitrogen and oxygen atoms in total. The molecule has 0 saturated carbocycles. The molecule has 128 valence electrons. The molecule has 2 aromatic carbocycles. The summed E-state index contributed by atoms with van der Waals surface area (Å²) in [7, 11) is 0. The number of hydrogen-bond donors (Lipinski definition) is 1. The van der Waals surface area contributed by atoms with E-state index in [1.165, 1.54) is 22.9 Å². The molecule has 1 aromatic heterocycles. The standard InChI is InChI=1S/C20H21N3OS/c1-15-8-9-18(16(2)12-15)22-19(24)14-25-20-21-10-11-23(20)13-17-6-4-3-5-7-17/h3-12H,13-14H2,1-2H3,(H,22,24). The van der Waals surface area contributed by atoms with E-state index in [0.29, 0.717) is 5.75 Å². The number of amides is 1. The van der Waals surface area contributed by atoms with Gasteiger partial charge in [0.05, 0.1) is 5.75 Å². The highest BCUT2D eigenvalue weighted by atomic mass is 32.2. The molecule has 0 unspecified atom stereocenters. The zero-order valence-electron chi connectivity index (χ0n) is 14.4. The second-order valence-electron chi connectivity index (χ2n) is 5.98. The van der Waals surface area contributed by atoms with Crippen molar-refractivity contribution in [3.63, 3.8) is 0 Å². The summed E-state index contributed by atoms with van der Waals surface area (Å²) in [6.45, 7) is 4.80. The van der Waals surface area contributed by atoms with Crippen LogP contribution in [0.1, 0.15) is 16.7 Å². The first-order valence-corrected chi connectivity index (χ1v) is 9.15. The molecule has 0 radical (unpaired) electrons. The summed E-state index contributed by atoms with van der Waals surface area (Å²) in [5.41, 5.74) is 4.34. The van der Waals surface area contributed by atoms with E-state index in [-0.39, 0.29) is 5.91 Å². The van der Waals surface area contributed by atoms with Crippen molar-refractivity contribution in [1.82, 2.24) is 9.55 Å². The van der Waals surface area contributed by atoms with Crippen LogP contribution in [0.4, 0.5) is 5.69 Å². The highest BCUT2D eigenvalue weighted by Gasteiger charge is 2.09. The number of aromatic nitrogens is 2. The summed E-state index contributed by atoms with van der Waals surface area (Å²) >= 11 is 1.45. The summed E-state index contributed by atoms with van der Waals surface area (Å²) in [6, 6.07) is 16.2. The van der Waals surface area contributed by atoms with Crippen LogP contribution in [0.15, 0.2) is 66.1 Å². The predicted molar refractivity (Wildman–Crippen MR) is 103 cm³/mol. The van der Waals surface area contributed by atoms with Gasteiger partial charge in [-0.15, -0.1) is 0 Å². The molecule has 1 heterocycles. The number of carbonyl (C=O) groups excluding carboxylic acids is 1. The van der Waals surface area contributed by atoms with Crippen LogP contribution in [0.3, 0.4) is 0 Å². The Morgan fingerprint density at radius 1 is 1.16 bits per heavy atom. The lowest BCUT2D eigenvalue weighted by molar-refractivity contribution is -0.113. The first kappa shape index (κ1) is 17.3. The fraction of sp³-hybridized carbons (Fsp3) is 0.200. The van der Waals surface area contributed by atoms with Gasteiger partial charge in [0.2, 0.25) is 5.91 Å². The fourth-order valence-electron chi connectivity index (χ4n) is 2.61. The lowest BCUT2D eigenvalue weighted by Crippen LogP contribution is -2.15. The van der Waals surface area contributed by atoms with Crippen molar-refractivity contribution < 1.29 is 4.79 Å². The van der Waals surface area contributed by atoms with E-state index >= 15 is 0 Å². The lowest BCUT2D eigenvalue weighted by Gasteiger charge is -2.10. The van der Waals surface area contributed by atoms with Crippen molar-refractivity contribution in [2.45, 2.75) is 25.5 Å². The molecule has 1 amide bonds. The summed E-state index contributed by atoms with van der Waals surface area (Å²) in [5, 5.41) is 3.82. The van der Waals surface area contributed by atoms with Crippen LogP contribution in [0.25, 0.3) is 0 Å². The van der Waals surface area contributed by atoms with Crippen LogP contribution in [-0.4, -0.2) is 21.2 Å². The minimum absolute atomic E-state index is 0.0220. The number of hydrogen-bond acceptors (Lipinski definition) is 3. The third-order valence-corrected chi connectivity index (χ3v) is 4.87. The van der Waals surface area contributed by atoms with E-state index in [2.05, 4.69) is 33.1 Å². The minimum atomic E-state index is -0.0220. The van der Waals surface area contributed by atoms with Gasteiger partial charge in [0.15, 0.2) is 5.16 Å². The van der Waals surface area contributed by atoms with Crippen LogP contribution < -0.4 is 5.32 Å². The van der Waals surface area contributed by atoms with Crippen LogP contribution in [0, 0.1) is 13.8 Å². The monoisotopic (exact) mass is 351 g/mol. The molecule has 25 heavy (non-hydrogen) atoms. The first-order valence-electron chi connectivity index (χ1n) is 8.17. The Kier molecular flexibility index (Phi) is 5.56. The van der Waals surface area contributed by atoms with Crippen molar-refractivity contribution in [2.24, 2.45) is 0 Å². The number of benzene rings is 2. The quantitative estimate of drug-likeness (QED) is 0.674. The first-order chi connectivity index (χ1) is 12.1. The molecule has 0 aliphatic heterocycles. The highest BCUT2D eigenvalue weighted by molar-refractivity contribution is 7.99. The normalized spacial score (nSPS) is 10.6. The molecule has 0 saturated heterocycles. The summed E-state index contributed by atoms with van der Waals surface area (Å²) in [5.74, 6) is 0.310.